The standard InChI is InChI=1S/C30H40N2O6/c1-7-31(8-2)16-17-32-27(22-11-14-24(25(19-22)37-6)38-18-15-20(3)4)26(29(34)30(32)35)28(33)21-9-12-23(36-5)13-10-21/h9-14,19-20,27,33H,7-8,15-18H2,1-6H3/b28-26+. The van der Waals surface area contributed by atoms with Crippen LogP contribution in [0.15, 0.2) is 48.0 Å². The van der Waals surface area contributed by atoms with E-state index in [1.54, 1.807) is 55.5 Å². The van der Waals surface area contributed by atoms with Gasteiger partial charge in [0.2, 0.25) is 0 Å². The molecule has 2 aromatic rings. The van der Waals surface area contributed by atoms with Gasteiger partial charge in [-0.2, -0.15) is 0 Å². The van der Waals surface area contributed by atoms with Gasteiger partial charge in [-0.1, -0.05) is 33.8 Å². The van der Waals surface area contributed by atoms with Crippen LogP contribution in [0.1, 0.15) is 51.3 Å². The highest BCUT2D eigenvalue weighted by Crippen LogP contribution is 2.42. The lowest BCUT2D eigenvalue weighted by atomic mass is 9.95. The first-order valence-electron chi connectivity index (χ1n) is 13.2. The van der Waals surface area contributed by atoms with E-state index in [0.717, 1.165) is 19.5 Å². The Morgan fingerprint density at radius 1 is 1.00 bits per heavy atom. The number of aliphatic hydroxyl groups excluding tert-OH is 1. The molecule has 1 atom stereocenters. The van der Waals surface area contributed by atoms with Crippen LogP contribution in [0.2, 0.25) is 0 Å². The van der Waals surface area contributed by atoms with Crippen molar-refractivity contribution >= 4 is 17.4 Å². The Kier molecular flexibility index (Phi) is 10.2. The molecule has 0 radical (unpaired) electrons. The number of amides is 1. The SMILES string of the molecule is CCN(CC)CCN1C(=O)C(=O)/C(=C(/O)c2ccc(OC)cc2)C1c1ccc(OCCC(C)C)c(OC)c1. The second-order valence-electron chi connectivity index (χ2n) is 9.69. The molecule has 1 aliphatic rings. The quantitative estimate of drug-likeness (QED) is 0.227. The molecule has 0 aliphatic carbocycles. The zero-order valence-corrected chi connectivity index (χ0v) is 23.3. The number of hydrogen-bond acceptors (Lipinski definition) is 7. The highest BCUT2D eigenvalue weighted by molar-refractivity contribution is 6.46. The van der Waals surface area contributed by atoms with Gasteiger partial charge < -0.3 is 29.1 Å². The molecule has 8 nitrogen and oxygen atoms in total. The van der Waals surface area contributed by atoms with Crippen molar-refractivity contribution in [1.82, 2.24) is 9.80 Å². The predicted molar refractivity (Wildman–Crippen MR) is 148 cm³/mol. The molecule has 0 saturated carbocycles. The van der Waals surface area contributed by atoms with E-state index in [1.807, 2.05) is 6.07 Å². The third kappa shape index (κ3) is 6.48. The summed E-state index contributed by atoms with van der Waals surface area (Å²) in [4.78, 5) is 30.4. The minimum absolute atomic E-state index is 0.0512. The fourth-order valence-electron chi connectivity index (χ4n) is 4.53. The molecule has 1 saturated heterocycles. The number of Topliss-reactive ketones (excluding diaryl/α,β-unsaturated/α-hetero) is 1. The molecule has 0 bridgehead atoms. The zero-order chi connectivity index (χ0) is 27.8. The summed E-state index contributed by atoms with van der Waals surface area (Å²) in [7, 11) is 3.11. The van der Waals surface area contributed by atoms with Crippen LogP contribution in [0.3, 0.4) is 0 Å². The number of methoxy groups -OCH3 is 2. The average Bonchev–Trinajstić information content (AvgIpc) is 3.18. The van der Waals surface area contributed by atoms with Crippen molar-refractivity contribution in [1.29, 1.82) is 0 Å². The van der Waals surface area contributed by atoms with E-state index in [-0.39, 0.29) is 11.3 Å². The molecule has 206 valence electrons. The van der Waals surface area contributed by atoms with E-state index in [2.05, 4.69) is 32.6 Å². The highest BCUT2D eigenvalue weighted by Gasteiger charge is 2.46. The van der Waals surface area contributed by atoms with Gasteiger partial charge >= 0.3 is 0 Å². The number of benzene rings is 2. The van der Waals surface area contributed by atoms with E-state index < -0.39 is 17.7 Å². The number of hydrogen-bond donors (Lipinski definition) is 1. The summed E-state index contributed by atoms with van der Waals surface area (Å²) < 4.78 is 16.8. The highest BCUT2D eigenvalue weighted by atomic mass is 16.5. The molecule has 2 aromatic carbocycles. The molecule has 38 heavy (non-hydrogen) atoms. The number of carbonyl (C=O) groups is 2. The Balaban J connectivity index is 2.07. The van der Waals surface area contributed by atoms with Crippen LogP contribution in [0.4, 0.5) is 0 Å². The fourth-order valence-corrected chi connectivity index (χ4v) is 4.53. The minimum atomic E-state index is -0.772. The summed E-state index contributed by atoms with van der Waals surface area (Å²) in [5.41, 5.74) is 1.14. The third-order valence-electron chi connectivity index (χ3n) is 6.91. The second kappa shape index (κ2) is 13.3. The Hall–Kier alpha value is -3.52. The van der Waals surface area contributed by atoms with Crippen LogP contribution in [0, 0.1) is 5.92 Å². The molecule has 1 heterocycles. The van der Waals surface area contributed by atoms with E-state index >= 15 is 0 Å². The largest absolute Gasteiger partial charge is 0.507 e. The lowest BCUT2D eigenvalue weighted by Gasteiger charge is -2.28. The summed E-state index contributed by atoms with van der Waals surface area (Å²) in [6, 6.07) is 11.4. The van der Waals surface area contributed by atoms with Crippen molar-refractivity contribution in [3.8, 4) is 17.2 Å². The molecule has 3 rings (SSSR count). The first kappa shape index (κ1) is 29.0. The number of nitrogens with zero attached hydrogens (tertiary/aromatic N) is 2. The Morgan fingerprint density at radius 3 is 2.26 bits per heavy atom. The van der Waals surface area contributed by atoms with E-state index in [0.29, 0.717) is 54.0 Å². The number of ether oxygens (including phenoxy) is 3. The van der Waals surface area contributed by atoms with Crippen molar-refractivity contribution in [3.63, 3.8) is 0 Å². The van der Waals surface area contributed by atoms with Crippen LogP contribution < -0.4 is 14.2 Å². The lowest BCUT2D eigenvalue weighted by Crippen LogP contribution is -2.38. The third-order valence-corrected chi connectivity index (χ3v) is 6.91. The molecule has 1 aliphatic heterocycles. The van der Waals surface area contributed by atoms with Crippen molar-refractivity contribution in [2.75, 3.05) is 47.0 Å². The molecule has 1 amide bonds. The number of carbonyl (C=O) groups excluding carboxylic acids is 2. The van der Waals surface area contributed by atoms with Gasteiger partial charge in [0.05, 0.1) is 32.4 Å². The van der Waals surface area contributed by atoms with Gasteiger partial charge in [0.25, 0.3) is 11.7 Å². The van der Waals surface area contributed by atoms with Crippen molar-refractivity contribution < 1.29 is 28.9 Å². The van der Waals surface area contributed by atoms with Gasteiger partial charge in [-0.3, -0.25) is 9.59 Å². The summed E-state index contributed by atoms with van der Waals surface area (Å²) in [6.07, 6.45) is 0.901. The summed E-state index contributed by atoms with van der Waals surface area (Å²) in [5, 5.41) is 11.3. The lowest BCUT2D eigenvalue weighted by molar-refractivity contribution is -0.140. The van der Waals surface area contributed by atoms with Gasteiger partial charge in [0.1, 0.15) is 11.5 Å². The maximum absolute atomic E-state index is 13.3. The predicted octanol–water partition coefficient (Wildman–Crippen LogP) is 4.89. The summed E-state index contributed by atoms with van der Waals surface area (Å²) in [5.74, 6) is 0.654. The van der Waals surface area contributed by atoms with Crippen molar-refractivity contribution in [3.05, 3.63) is 59.2 Å². The van der Waals surface area contributed by atoms with E-state index in [9.17, 15) is 14.7 Å². The molecule has 1 unspecified atom stereocenters. The van der Waals surface area contributed by atoms with Crippen molar-refractivity contribution in [2.45, 2.75) is 40.2 Å². The topological polar surface area (TPSA) is 88.5 Å². The number of likely N-dealkylation sites (N-methyl/N-ethyl adjacent to an activating group) is 1. The van der Waals surface area contributed by atoms with E-state index in [4.69, 9.17) is 14.2 Å². The maximum Gasteiger partial charge on any atom is 0.295 e. The molecule has 0 spiro atoms. The Bertz CT molecular complexity index is 1140. The maximum atomic E-state index is 13.3. The Morgan fingerprint density at radius 2 is 1.68 bits per heavy atom. The normalized spacial score (nSPS) is 16.9. The average molecular weight is 525 g/mol. The molecular formula is C30H40N2O6. The van der Waals surface area contributed by atoms with Crippen LogP contribution in [0.5, 0.6) is 17.2 Å². The Labute approximate surface area is 225 Å². The van der Waals surface area contributed by atoms with Crippen LogP contribution >= 0.6 is 0 Å². The van der Waals surface area contributed by atoms with Crippen LogP contribution in [-0.4, -0.2) is 73.6 Å². The minimum Gasteiger partial charge on any atom is -0.507 e. The van der Waals surface area contributed by atoms with Gasteiger partial charge in [-0.25, -0.2) is 0 Å². The zero-order valence-electron chi connectivity index (χ0n) is 23.3. The van der Waals surface area contributed by atoms with E-state index in [1.165, 1.54) is 0 Å². The molecular weight excluding hydrogens is 484 g/mol. The summed E-state index contributed by atoms with van der Waals surface area (Å²) >= 11 is 0. The molecule has 0 aromatic heterocycles. The first-order valence-corrected chi connectivity index (χ1v) is 13.2. The van der Waals surface area contributed by atoms with Gasteiger partial charge in [0, 0.05) is 18.7 Å². The van der Waals surface area contributed by atoms with Gasteiger partial charge in [0.15, 0.2) is 11.5 Å². The monoisotopic (exact) mass is 524 g/mol. The second-order valence-corrected chi connectivity index (χ2v) is 9.69. The van der Waals surface area contributed by atoms with Gasteiger partial charge in [-0.15, -0.1) is 0 Å². The molecule has 8 heteroatoms. The first-order chi connectivity index (χ1) is 18.2. The number of aliphatic hydroxyl groups is 1. The number of rotatable bonds is 13. The van der Waals surface area contributed by atoms with Crippen LogP contribution in [-0.2, 0) is 9.59 Å². The fraction of sp³-hybridized carbons (Fsp3) is 0.467. The van der Waals surface area contributed by atoms with Crippen molar-refractivity contribution in [2.24, 2.45) is 5.92 Å². The summed E-state index contributed by atoms with van der Waals surface area (Å²) in [6.45, 7) is 11.5. The van der Waals surface area contributed by atoms with Gasteiger partial charge in [-0.05, 0) is 67.4 Å². The van der Waals surface area contributed by atoms with Crippen LogP contribution in [0.25, 0.3) is 5.76 Å². The molecule has 1 N–H and O–H groups in total. The number of likely N-dealkylation sites (tertiary alicyclic amines) is 1. The smallest absolute Gasteiger partial charge is 0.295 e. The molecule has 1 fully saturated rings. The number of ketones is 1.